The van der Waals surface area contributed by atoms with Crippen LogP contribution in [0.15, 0.2) is 36.8 Å². The van der Waals surface area contributed by atoms with Crippen molar-refractivity contribution in [1.82, 2.24) is 25.1 Å². The van der Waals surface area contributed by atoms with Crippen LogP contribution in [-0.4, -0.2) is 59.2 Å². The fourth-order valence-electron chi connectivity index (χ4n) is 3.19. The number of fused-ring (bicyclic) bond motifs is 1. The summed E-state index contributed by atoms with van der Waals surface area (Å²) in [5, 5.41) is 12.0. The van der Waals surface area contributed by atoms with Gasteiger partial charge in [0.15, 0.2) is 5.65 Å². The molecule has 1 saturated heterocycles. The molecule has 0 atom stereocenters. The first-order valence-electron chi connectivity index (χ1n) is 9.24. The van der Waals surface area contributed by atoms with Gasteiger partial charge >= 0.3 is 0 Å². The summed E-state index contributed by atoms with van der Waals surface area (Å²) in [5.41, 5.74) is 2.72. The Labute approximate surface area is 157 Å². The van der Waals surface area contributed by atoms with Gasteiger partial charge in [-0.05, 0) is 50.2 Å². The van der Waals surface area contributed by atoms with Gasteiger partial charge in [0.25, 0.3) is 0 Å². The zero-order valence-electron chi connectivity index (χ0n) is 15.4. The van der Waals surface area contributed by atoms with Crippen molar-refractivity contribution < 1.29 is 9.47 Å². The van der Waals surface area contributed by atoms with Crippen molar-refractivity contribution in [1.29, 1.82) is 0 Å². The minimum absolute atomic E-state index is 0.185. The average molecular weight is 368 g/mol. The van der Waals surface area contributed by atoms with Crippen molar-refractivity contribution in [2.24, 2.45) is 0 Å². The second kappa shape index (κ2) is 8.32. The number of methoxy groups -OCH3 is 1. The molecule has 8 heteroatoms. The molecule has 0 aliphatic carbocycles. The summed E-state index contributed by atoms with van der Waals surface area (Å²) < 4.78 is 13.0. The number of hydrogen-bond donors (Lipinski definition) is 2. The summed E-state index contributed by atoms with van der Waals surface area (Å²) in [7, 11) is 1.69. The van der Waals surface area contributed by atoms with Crippen LogP contribution in [0.25, 0.3) is 16.7 Å². The van der Waals surface area contributed by atoms with Crippen LogP contribution in [0.2, 0.25) is 0 Å². The summed E-state index contributed by atoms with van der Waals surface area (Å²) in [6.45, 7) is 3.39. The van der Waals surface area contributed by atoms with Crippen LogP contribution >= 0.6 is 0 Å². The second-order valence-electron chi connectivity index (χ2n) is 6.51. The molecule has 0 bridgehead atoms. The highest BCUT2D eigenvalue weighted by Crippen LogP contribution is 2.25. The van der Waals surface area contributed by atoms with Gasteiger partial charge < -0.3 is 20.1 Å². The standard InChI is InChI=1S/C19H24N6O2/c1-26-11-10-21-14-2-4-15(5-3-14)25-18-17(12-24-25)19(23-13-22-18)27-16-6-8-20-9-7-16/h2-5,12-13,16,20-21H,6-11H2,1H3. The van der Waals surface area contributed by atoms with Crippen LogP contribution in [0, 0.1) is 0 Å². The summed E-state index contributed by atoms with van der Waals surface area (Å²) in [6.07, 6.45) is 5.47. The Morgan fingerprint density at radius 2 is 2.00 bits per heavy atom. The molecule has 0 unspecified atom stereocenters. The highest BCUT2D eigenvalue weighted by Gasteiger charge is 2.18. The van der Waals surface area contributed by atoms with Crippen LogP contribution in [0.1, 0.15) is 12.8 Å². The maximum Gasteiger partial charge on any atom is 0.228 e. The lowest BCUT2D eigenvalue weighted by atomic mass is 10.1. The molecular weight excluding hydrogens is 344 g/mol. The molecule has 4 rings (SSSR count). The average Bonchev–Trinajstić information content (AvgIpc) is 3.15. The fraction of sp³-hybridized carbons (Fsp3) is 0.421. The lowest BCUT2D eigenvalue weighted by Crippen LogP contribution is -2.34. The Kier molecular flexibility index (Phi) is 5.45. The molecule has 0 saturated carbocycles. The van der Waals surface area contributed by atoms with Gasteiger partial charge in [0.2, 0.25) is 5.88 Å². The van der Waals surface area contributed by atoms with E-state index in [0.29, 0.717) is 12.5 Å². The van der Waals surface area contributed by atoms with E-state index in [4.69, 9.17) is 9.47 Å². The van der Waals surface area contributed by atoms with Crippen molar-refractivity contribution in [2.45, 2.75) is 18.9 Å². The number of piperidine rings is 1. The fourth-order valence-corrected chi connectivity index (χ4v) is 3.19. The predicted octanol–water partition coefficient (Wildman–Crippen LogP) is 2.00. The van der Waals surface area contributed by atoms with Crippen molar-refractivity contribution in [3.05, 3.63) is 36.8 Å². The Hall–Kier alpha value is -2.71. The highest BCUT2D eigenvalue weighted by molar-refractivity contribution is 5.81. The van der Waals surface area contributed by atoms with Crippen molar-refractivity contribution in [2.75, 3.05) is 38.7 Å². The number of anilines is 1. The van der Waals surface area contributed by atoms with E-state index in [1.165, 1.54) is 6.33 Å². The monoisotopic (exact) mass is 368 g/mol. The number of nitrogens with one attached hydrogen (secondary N) is 2. The Balaban J connectivity index is 1.55. The van der Waals surface area contributed by atoms with Gasteiger partial charge in [0.05, 0.1) is 18.5 Å². The lowest BCUT2D eigenvalue weighted by Gasteiger charge is -2.23. The SMILES string of the molecule is COCCNc1ccc(-n2ncc3c(OC4CCNCC4)ncnc32)cc1. The Morgan fingerprint density at radius 3 is 2.78 bits per heavy atom. The van der Waals surface area contributed by atoms with Crippen LogP contribution in [0.3, 0.4) is 0 Å². The summed E-state index contributed by atoms with van der Waals surface area (Å²) in [4.78, 5) is 8.75. The first kappa shape index (κ1) is 17.7. The molecule has 142 valence electrons. The third-order valence-electron chi connectivity index (χ3n) is 4.64. The van der Waals surface area contributed by atoms with Crippen LogP contribution in [0.4, 0.5) is 5.69 Å². The lowest BCUT2D eigenvalue weighted by molar-refractivity contribution is 0.158. The molecule has 2 aromatic heterocycles. The van der Waals surface area contributed by atoms with Gasteiger partial charge in [0, 0.05) is 19.3 Å². The third-order valence-corrected chi connectivity index (χ3v) is 4.64. The molecule has 3 aromatic rings. The van der Waals surface area contributed by atoms with E-state index in [1.807, 2.05) is 28.9 Å². The molecule has 0 spiro atoms. The van der Waals surface area contributed by atoms with Crippen molar-refractivity contribution in [3.8, 4) is 11.6 Å². The van der Waals surface area contributed by atoms with Gasteiger partial charge in [-0.2, -0.15) is 5.10 Å². The minimum atomic E-state index is 0.185. The van der Waals surface area contributed by atoms with E-state index in [-0.39, 0.29) is 6.10 Å². The summed E-state index contributed by atoms with van der Waals surface area (Å²) in [5.74, 6) is 0.607. The smallest absolute Gasteiger partial charge is 0.228 e. The van der Waals surface area contributed by atoms with Crippen LogP contribution in [0.5, 0.6) is 5.88 Å². The quantitative estimate of drug-likeness (QED) is 0.617. The molecule has 1 fully saturated rings. The van der Waals surface area contributed by atoms with Gasteiger partial charge in [0.1, 0.15) is 17.8 Å². The van der Waals surface area contributed by atoms with E-state index in [1.54, 1.807) is 13.3 Å². The van der Waals surface area contributed by atoms with E-state index >= 15 is 0 Å². The largest absolute Gasteiger partial charge is 0.474 e. The van der Waals surface area contributed by atoms with Crippen molar-refractivity contribution >= 4 is 16.7 Å². The molecular formula is C19H24N6O2. The van der Waals surface area contributed by atoms with Crippen LogP contribution in [-0.2, 0) is 4.74 Å². The molecule has 0 radical (unpaired) electrons. The maximum absolute atomic E-state index is 6.13. The topological polar surface area (TPSA) is 86.1 Å². The molecule has 8 nitrogen and oxygen atoms in total. The number of rotatable bonds is 7. The van der Waals surface area contributed by atoms with Crippen LogP contribution < -0.4 is 15.4 Å². The normalized spacial score (nSPS) is 15.1. The summed E-state index contributed by atoms with van der Waals surface area (Å²) >= 11 is 0. The molecule has 0 amide bonds. The second-order valence-corrected chi connectivity index (χ2v) is 6.51. The predicted molar refractivity (Wildman–Crippen MR) is 104 cm³/mol. The van der Waals surface area contributed by atoms with E-state index in [2.05, 4.69) is 25.7 Å². The van der Waals surface area contributed by atoms with Crippen molar-refractivity contribution in [3.63, 3.8) is 0 Å². The number of nitrogens with zero attached hydrogens (tertiary/aromatic N) is 4. The number of benzene rings is 1. The Bertz CT molecular complexity index is 874. The zero-order valence-corrected chi connectivity index (χ0v) is 15.4. The first-order valence-corrected chi connectivity index (χ1v) is 9.24. The maximum atomic E-state index is 6.13. The molecule has 1 aliphatic heterocycles. The van der Waals surface area contributed by atoms with E-state index in [0.717, 1.165) is 54.9 Å². The molecule has 1 aliphatic rings. The minimum Gasteiger partial charge on any atom is -0.474 e. The highest BCUT2D eigenvalue weighted by atomic mass is 16.5. The number of aromatic nitrogens is 4. The number of ether oxygens (including phenoxy) is 2. The molecule has 3 heterocycles. The van der Waals surface area contributed by atoms with Gasteiger partial charge in [-0.3, -0.25) is 0 Å². The zero-order chi connectivity index (χ0) is 18.5. The van der Waals surface area contributed by atoms with Gasteiger partial charge in [-0.25, -0.2) is 14.6 Å². The Morgan fingerprint density at radius 1 is 1.19 bits per heavy atom. The molecule has 27 heavy (non-hydrogen) atoms. The molecule has 2 N–H and O–H groups in total. The first-order chi connectivity index (χ1) is 13.3. The van der Waals surface area contributed by atoms with Gasteiger partial charge in [-0.1, -0.05) is 0 Å². The van der Waals surface area contributed by atoms with Gasteiger partial charge in [-0.15, -0.1) is 0 Å². The van der Waals surface area contributed by atoms with E-state index in [9.17, 15) is 0 Å². The molecule has 1 aromatic carbocycles. The third kappa shape index (κ3) is 4.01. The summed E-state index contributed by atoms with van der Waals surface area (Å²) in [6, 6.07) is 8.06. The number of hydrogen-bond acceptors (Lipinski definition) is 7. The van der Waals surface area contributed by atoms with E-state index < -0.39 is 0 Å².